The van der Waals surface area contributed by atoms with Crippen molar-refractivity contribution in [3.8, 4) is 0 Å². The molecule has 8 heteroatoms. The summed E-state index contributed by atoms with van der Waals surface area (Å²) < 4.78 is 16.7. The van der Waals surface area contributed by atoms with Crippen LogP contribution in [-0.4, -0.2) is 28.3 Å². The van der Waals surface area contributed by atoms with Gasteiger partial charge in [-0.25, -0.2) is 4.57 Å². The molecule has 3 aromatic rings. The number of aryl methyl sites for hydroxylation is 1. The average Bonchev–Trinajstić information content (AvgIpc) is 3.03. The van der Waals surface area contributed by atoms with Gasteiger partial charge in [-0.15, -0.1) is 11.3 Å². The van der Waals surface area contributed by atoms with E-state index in [0.717, 1.165) is 21.2 Å². The molecular weight excluding hydrogens is 385 g/mol. The number of phosphoric ester groups is 1. The summed E-state index contributed by atoms with van der Waals surface area (Å²) in [6.45, 7) is 1.68. The lowest BCUT2D eigenvalue weighted by Gasteiger charge is -2.19. The third-order valence-electron chi connectivity index (χ3n) is 3.99. The molecule has 1 heterocycles. The Kier molecular flexibility index (Phi) is 6.09. The first kappa shape index (κ1) is 19.7. The summed E-state index contributed by atoms with van der Waals surface area (Å²) in [4.78, 5) is 31.2. The fraction of sp³-hybridized carbons (Fsp3) is 0.211. The van der Waals surface area contributed by atoms with Crippen LogP contribution >= 0.6 is 19.2 Å². The van der Waals surface area contributed by atoms with Crippen LogP contribution in [0, 0.1) is 6.92 Å². The minimum atomic E-state index is -4.62. The van der Waals surface area contributed by atoms with E-state index in [1.165, 1.54) is 11.3 Å². The van der Waals surface area contributed by atoms with Gasteiger partial charge in [0.05, 0.1) is 17.5 Å². The Morgan fingerprint density at radius 1 is 1.19 bits per heavy atom. The minimum Gasteiger partial charge on any atom is -0.346 e. The van der Waals surface area contributed by atoms with E-state index in [0.29, 0.717) is 11.3 Å². The second kappa shape index (κ2) is 8.33. The molecule has 0 saturated heterocycles. The van der Waals surface area contributed by atoms with Crippen LogP contribution in [-0.2, 0) is 15.5 Å². The van der Waals surface area contributed by atoms with Crippen molar-refractivity contribution in [1.29, 1.82) is 0 Å². The molecule has 0 radical (unpaired) electrons. The number of fused-ring (bicyclic) bond motifs is 1. The minimum absolute atomic E-state index is 0.283. The first-order valence-corrected chi connectivity index (χ1v) is 10.7. The van der Waals surface area contributed by atoms with E-state index in [2.05, 4.69) is 9.84 Å². The maximum Gasteiger partial charge on any atom is 0.469 e. The first-order valence-electron chi connectivity index (χ1n) is 8.35. The Hall–Kier alpha value is -2.02. The fourth-order valence-electron chi connectivity index (χ4n) is 2.81. The molecule has 1 aromatic heterocycles. The van der Waals surface area contributed by atoms with E-state index in [1.54, 1.807) is 0 Å². The molecule has 27 heavy (non-hydrogen) atoms. The number of thiophene rings is 1. The Balaban J connectivity index is 1.76. The maximum atomic E-state index is 12.7. The molecule has 3 N–H and O–H groups in total. The number of carbonyl (C=O) groups excluding carboxylic acids is 1. The van der Waals surface area contributed by atoms with Gasteiger partial charge in [-0.2, -0.15) is 0 Å². The van der Waals surface area contributed by atoms with Crippen LogP contribution in [0.15, 0.2) is 54.6 Å². The number of rotatable bonds is 7. The standard InChI is InChI=1S/C19H20NO5PS/c1-13-5-4-6-14(9-13)10-16(12-25-26(22,23)24)20-19(21)18-11-15-7-2-3-8-17(15)27-18/h2-9,11,16H,10,12H2,1H3,(H,20,21)(H2,22,23,24). The Labute approximate surface area is 161 Å². The quantitative estimate of drug-likeness (QED) is 0.522. The molecule has 2 aromatic carbocycles. The molecule has 0 aliphatic heterocycles. The van der Waals surface area contributed by atoms with Crippen LogP contribution in [0.4, 0.5) is 0 Å². The molecular formula is C19H20NO5PS. The third-order valence-corrected chi connectivity index (χ3v) is 5.59. The molecule has 142 valence electrons. The smallest absolute Gasteiger partial charge is 0.346 e. The molecule has 1 amide bonds. The number of nitrogens with one attached hydrogen (secondary N) is 1. The van der Waals surface area contributed by atoms with Crippen LogP contribution < -0.4 is 5.32 Å². The molecule has 0 aliphatic rings. The van der Waals surface area contributed by atoms with Crippen molar-refractivity contribution in [3.05, 3.63) is 70.6 Å². The molecule has 3 rings (SSSR count). The largest absolute Gasteiger partial charge is 0.469 e. The summed E-state index contributed by atoms with van der Waals surface area (Å²) in [6.07, 6.45) is 0.401. The van der Waals surface area contributed by atoms with Crippen LogP contribution in [0.3, 0.4) is 0 Å². The van der Waals surface area contributed by atoms with Gasteiger partial charge in [-0.1, -0.05) is 48.0 Å². The van der Waals surface area contributed by atoms with E-state index in [9.17, 15) is 9.36 Å². The SMILES string of the molecule is Cc1cccc(CC(COP(=O)(O)O)NC(=O)c2cc3ccccc3s2)c1. The lowest BCUT2D eigenvalue weighted by Crippen LogP contribution is -2.39. The Morgan fingerprint density at radius 2 is 1.96 bits per heavy atom. The van der Waals surface area contributed by atoms with Gasteiger partial charge >= 0.3 is 7.82 Å². The van der Waals surface area contributed by atoms with Gasteiger partial charge < -0.3 is 15.1 Å². The second-order valence-corrected chi connectivity index (χ2v) is 8.62. The highest BCUT2D eigenvalue weighted by Crippen LogP contribution is 2.36. The summed E-state index contributed by atoms with van der Waals surface area (Å²) in [5.41, 5.74) is 2.02. The Bertz CT molecular complexity index is 963. The number of hydrogen-bond donors (Lipinski definition) is 3. The zero-order valence-electron chi connectivity index (χ0n) is 14.7. The van der Waals surface area contributed by atoms with Crippen molar-refractivity contribution < 1.29 is 23.7 Å². The number of carbonyl (C=O) groups is 1. The van der Waals surface area contributed by atoms with Gasteiger partial charge in [-0.05, 0) is 36.4 Å². The van der Waals surface area contributed by atoms with Crippen molar-refractivity contribution in [2.24, 2.45) is 0 Å². The van der Waals surface area contributed by atoms with Crippen molar-refractivity contribution in [2.75, 3.05) is 6.61 Å². The van der Waals surface area contributed by atoms with Crippen LogP contribution in [0.25, 0.3) is 10.1 Å². The van der Waals surface area contributed by atoms with Gasteiger partial charge in [0.15, 0.2) is 0 Å². The molecule has 6 nitrogen and oxygen atoms in total. The molecule has 0 fully saturated rings. The molecule has 0 spiro atoms. The molecule has 1 atom stereocenters. The fourth-order valence-corrected chi connectivity index (χ4v) is 4.15. The van der Waals surface area contributed by atoms with Gasteiger partial charge in [0.25, 0.3) is 5.91 Å². The summed E-state index contributed by atoms with van der Waals surface area (Å²) in [5, 5.41) is 3.82. The highest BCUT2D eigenvalue weighted by Gasteiger charge is 2.21. The topological polar surface area (TPSA) is 95.9 Å². The predicted molar refractivity (Wildman–Crippen MR) is 106 cm³/mol. The van der Waals surface area contributed by atoms with E-state index in [1.807, 2.05) is 61.5 Å². The lowest BCUT2D eigenvalue weighted by molar-refractivity contribution is 0.0913. The average molecular weight is 405 g/mol. The van der Waals surface area contributed by atoms with Crippen LogP contribution in [0.1, 0.15) is 20.8 Å². The summed E-state index contributed by atoms with van der Waals surface area (Å²) in [7, 11) is -4.62. The number of benzene rings is 2. The van der Waals surface area contributed by atoms with Crippen LogP contribution in [0.5, 0.6) is 0 Å². The zero-order valence-corrected chi connectivity index (χ0v) is 16.4. The summed E-state index contributed by atoms with van der Waals surface area (Å²) >= 11 is 1.37. The van der Waals surface area contributed by atoms with E-state index < -0.39 is 13.9 Å². The molecule has 0 saturated carbocycles. The first-order chi connectivity index (χ1) is 12.8. The van der Waals surface area contributed by atoms with Crippen LogP contribution in [0.2, 0.25) is 0 Å². The van der Waals surface area contributed by atoms with Crippen molar-refractivity contribution >= 4 is 35.2 Å². The normalized spacial score (nSPS) is 12.9. The van der Waals surface area contributed by atoms with E-state index in [-0.39, 0.29) is 12.5 Å². The van der Waals surface area contributed by atoms with Crippen molar-refractivity contribution in [2.45, 2.75) is 19.4 Å². The van der Waals surface area contributed by atoms with Gasteiger partial charge in [0.1, 0.15) is 0 Å². The monoisotopic (exact) mass is 405 g/mol. The highest BCUT2D eigenvalue weighted by molar-refractivity contribution is 7.46. The Morgan fingerprint density at radius 3 is 2.67 bits per heavy atom. The van der Waals surface area contributed by atoms with Gasteiger partial charge in [-0.3, -0.25) is 9.32 Å². The van der Waals surface area contributed by atoms with Gasteiger partial charge in [0, 0.05) is 4.70 Å². The molecule has 0 aliphatic carbocycles. The second-order valence-electron chi connectivity index (χ2n) is 6.30. The predicted octanol–water partition coefficient (Wildman–Crippen LogP) is 3.66. The number of phosphoric acid groups is 1. The summed E-state index contributed by atoms with van der Waals surface area (Å²) in [6, 6.07) is 16.7. The maximum absolute atomic E-state index is 12.7. The van der Waals surface area contributed by atoms with Crippen molar-refractivity contribution in [1.82, 2.24) is 5.32 Å². The zero-order chi connectivity index (χ0) is 19.4. The number of hydrogen-bond acceptors (Lipinski definition) is 4. The van der Waals surface area contributed by atoms with E-state index >= 15 is 0 Å². The molecule has 1 unspecified atom stereocenters. The highest BCUT2D eigenvalue weighted by atomic mass is 32.1. The molecule has 0 bridgehead atoms. The van der Waals surface area contributed by atoms with Crippen molar-refractivity contribution in [3.63, 3.8) is 0 Å². The summed E-state index contributed by atoms with van der Waals surface area (Å²) in [5.74, 6) is -0.289. The number of amides is 1. The lowest BCUT2D eigenvalue weighted by atomic mass is 10.0. The van der Waals surface area contributed by atoms with E-state index in [4.69, 9.17) is 9.79 Å². The van der Waals surface area contributed by atoms with Gasteiger partial charge in [0.2, 0.25) is 0 Å². The third kappa shape index (κ3) is 5.73.